The molecule has 1 aliphatic heterocycles. The number of rotatable bonds is 20. The predicted octanol–water partition coefficient (Wildman–Crippen LogP) is 3.48. The zero-order chi connectivity index (χ0) is 42.0. The number of amides is 2. The molecule has 0 unspecified atom stereocenters. The van der Waals surface area contributed by atoms with Crippen LogP contribution in [0.15, 0.2) is 95.9 Å². The lowest BCUT2D eigenvalue weighted by atomic mass is 9.80. The monoisotopic (exact) mass is 810 g/mol. The van der Waals surface area contributed by atoms with Crippen molar-refractivity contribution >= 4 is 18.0 Å². The van der Waals surface area contributed by atoms with Crippen LogP contribution in [0.2, 0.25) is 0 Å². The summed E-state index contributed by atoms with van der Waals surface area (Å²) >= 11 is 0. The molecule has 1 aromatic heterocycles. The lowest BCUT2D eigenvalue weighted by Crippen LogP contribution is -2.57. The van der Waals surface area contributed by atoms with Crippen molar-refractivity contribution in [1.82, 2.24) is 25.5 Å². The van der Waals surface area contributed by atoms with Crippen LogP contribution in [-0.4, -0.2) is 92.5 Å². The molecule has 2 heterocycles. The van der Waals surface area contributed by atoms with Gasteiger partial charge in [-0.1, -0.05) is 54.6 Å². The molecule has 3 aromatic carbocycles. The Morgan fingerprint density at radius 2 is 1.42 bits per heavy atom. The summed E-state index contributed by atoms with van der Waals surface area (Å²) in [6, 6.07) is 30.1. The fourth-order valence-corrected chi connectivity index (χ4v) is 6.29. The molecule has 0 saturated carbocycles. The van der Waals surface area contributed by atoms with E-state index >= 15 is 0 Å². The molecule has 0 radical (unpaired) electrons. The fourth-order valence-electron chi connectivity index (χ4n) is 6.29. The highest BCUT2D eigenvalue weighted by atomic mass is 16.6. The van der Waals surface area contributed by atoms with Gasteiger partial charge < -0.3 is 38.8 Å². The summed E-state index contributed by atoms with van der Waals surface area (Å²) in [4.78, 5) is 41.6. The summed E-state index contributed by atoms with van der Waals surface area (Å²) < 4.78 is 35.1. The first-order valence-electron chi connectivity index (χ1n) is 18.7. The fraction of sp³-hybridized carbons (Fsp3) is 0.366. The van der Waals surface area contributed by atoms with Gasteiger partial charge in [0.25, 0.3) is 0 Å². The smallest absolute Gasteiger partial charge is 0.409 e. The molecule has 5 N–H and O–H groups in total. The Labute approximate surface area is 340 Å². The van der Waals surface area contributed by atoms with Crippen molar-refractivity contribution < 1.29 is 43.1 Å². The van der Waals surface area contributed by atoms with E-state index in [2.05, 4.69) is 26.3 Å². The van der Waals surface area contributed by atoms with Crippen LogP contribution >= 0.6 is 0 Å². The minimum absolute atomic E-state index is 0.0145. The normalized spacial score (nSPS) is 16.0. The van der Waals surface area contributed by atoms with Gasteiger partial charge in [0.15, 0.2) is 6.29 Å². The number of nitriles is 2. The minimum Gasteiger partial charge on any atom is -0.497 e. The number of aliphatic hydroxyl groups is 1. The van der Waals surface area contributed by atoms with E-state index in [1.807, 2.05) is 91.0 Å². The number of methoxy groups -OCH3 is 2. The maximum Gasteiger partial charge on any atom is 0.409 e. The number of nitrogens with zero attached hydrogens (tertiary/aromatic N) is 4. The summed E-state index contributed by atoms with van der Waals surface area (Å²) in [5.41, 5.74) is 0.688. The summed E-state index contributed by atoms with van der Waals surface area (Å²) in [6.45, 7) is -0.0105. The zero-order valence-corrected chi connectivity index (χ0v) is 32.5. The number of carbonyl (C=O) groups excluding carboxylic acids is 2. The van der Waals surface area contributed by atoms with Gasteiger partial charge in [-0.25, -0.2) is 14.4 Å². The molecule has 59 heavy (non-hydrogen) atoms. The Bertz CT molecular complexity index is 2020. The van der Waals surface area contributed by atoms with Gasteiger partial charge in [0.05, 0.1) is 51.9 Å². The molecule has 4 aromatic rings. The second kappa shape index (κ2) is 21.7. The quantitative estimate of drug-likeness (QED) is 0.0488. The number of anilines is 1. The minimum atomic E-state index is -1.14. The number of benzene rings is 3. The highest BCUT2D eigenvalue weighted by molar-refractivity contribution is 5.70. The van der Waals surface area contributed by atoms with Crippen LogP contribution in [0.3, 0.4) is 0 Å². The Kier molecular flexibility index (Phi) is 16.0. The summed E-state index contributed by atoms with van der Waals surface area (Å²) in [6.07, 6.45) is -3.96. The zero-order valence-electron chi connectivity index (χ0n) is 32.5. The molecular formula is C41H46N8O10. The lowest BCUT2D eigenvalue weighted by molar-refractivity contribution is -0.0944. The van der Waals surface area contributed by atoms with Gasteiger partial charge in [0.2, 0.25) is 0 Å². The molecule has 18 heteroatoms. The van der Waals surface area contributed by atoms with Gasteiger partial charge in [0, 0.05) is 25.7 Å². The van der Waals surface area contributed by atoms with Crippen molar-refractivity contribution in [3.05, 3.63) is 118 Å². The molecule has 5 rings (SSSR count). The third-order valence-electron chi connectivity index (χ3n) is 9.18. The van der Waals surface area contributed by atoms with Crippen LogP contribution in [0.4, 0.5) is 15.4 Å². The van der Waals surface area contributed by atoms with Crippen molar-refractivity contribution in [1.29, 1.82) is 10.5 Å². The molecule has 18 nitrogen and oxygen atoms in total. The van der Waals surface area contributed by atoms with Gasteiger partial charge in [-0.2, -0.15) is 15.5 Å². The van der Waals surface area contributed by atoms with E-state index in [-0.39, 0.29) is 58.0 Å². The van der Waals surface area contributed by atoms with E-state index in [1.165, 1.54) is 10.8 Å². The first-order chi connectivity index (χ1) is 28.7. The summed E-state index contributed by atoms with van der Waals surface area (Å²) in [5.74, 6) is 1.59. The topological polar surface area (TPSA) is 240 Å². The standard InChI is InChI=1S/C41H46N8O10/c1-54-31-14-10-29(11-15-31)41(28-8-4-3-5-9-28,30-12-16-32(55-2)17-13-30)58-27-34-33(50)26-36(59-34)49-23-18-35(46-38(49)51)44-21-22-45-37(47-39(52)56-24-6-19-42)48-40(53)57-25-7-20-43/h3-5,8-18,23,33-34,36-37,45,50H,6-7,21-22,24-27H2,1-2H3,(H,47,52)(H,48,53)(H,44,46,51)/t33-,34+,36+/m0/s1. The van der Waals surface area contributed by atoms with Crippen LogP contribution < -0.4 is 36.4 Å². The molecular weight excluding hydrogens is 764 g/mol. The van der Waals surface area contributed by atoms with Crippen LogP contribution in [0, 0.1) is 22.7 Å². The molecule has 310 valence electrons. The molecule has 0 spiro atoms. The largest absolute Gasteiger partial charge is 0.497 e. The highest BCUT2D eigenvalue weighted by Gasteiger charge is 2.42. The van der Waals surface area contributed by atoms with Crippen molar-refractivity contribution in [2.75, 3.05) is 52.4 Å². The SMILES string of the molecule is COc1ccc(C(OC[C@H]2O[C@@H](n3ccc(NCCNC(NC(=O)OCCC#N)NC(=O)OCCC#N)nc3=O)C[C@@H]2O)(c2ccccc2)c2ccc(OC)cc2)cc1. The number of carbonyl (C=O) groups is 2. The molecule has 0 aliphatic carbocycles. The van der Waals surface area contributed by atoms with Crippen LogP contribution in [0.5, 0.6) is 11.5 Å². The van der Waals surface area contributed by atoms with Crippen LogP contribution in [0.1, 0.15) is 42.2 Å². The first-order valence-corrected chi connectivity index (χ1v) is 18.7. The van der Waals surface area contributed by atoms with Crippen LogP contribution in [-0.2, 0) is 24.5 Å². The van der Waals surface area contributed by atoms with Gasteiger partial charge in [-0.3, -0.25) is 20.5 Å². The average Bonchev–Trinajstić information content (AvgIpc) is 3.62. The third kappa shape index (κ3) is 11.7. The van der Waals surface area contributed by atoms with Crippen LogP contribution in [0.25, 0.3) is 0 Å². The lowest BCUT2D eigenvalue weighted by Gasteiger charge is -2.37. The maximum absolute atomic E-state index is 13.2. The van der Waals surface area contributed by atoms with Gasteiger partial charge in [-0.05, 0) is 47.0 Å². The van der Waals surface area contributed by atoms with E-state index in [9.17, 15) is 19.5 Å². The van der Waals surface area contributed by atoms with Crippen molar-refractivity contribution in [3.8, 4) is 23.6 Å². The summed E-state index contributed by atoms with van der Waals surface area (Å²) in [7, 11) is 3.20. The van der Waals surface area contributed by atoms with E-state index in [1.54, 1.807) is 20.3 Å². The number of alkyl carbamates (subject to hydrolysis) is 2. The molecule has 1 fully saturated rings. The predicted molar refractivity (Wildman–Crippen MR) is 211 cm³/mol. The maximum atomic E-state index is 13.2. The molecule has 3 atom stereocenters. The number of aromatic nitrogens is 2. The number of ether oxygens (including phenoxy) is 6. The van der Waals surface area contributed by atoms with E-state index < -0.39 is 48.2 Å². The number of nitrogens with one attached hydrogen (secondary N) is 4. The van der Waals surface area contributed by atoms with E-state index in [0.29, 0.717) is 11.5 Å². The Morgan fingerprint density at radius 3 is 1.95 bits per heavy atom. The molecule has 2 amide bonds. The van der Waals surface area contributed by atoms with E-state index in [4.69, 9.17) is 38.9 Å². The number of hydrogen-bond acceptors (Lipinski definition) is 15. The first kappa shape index (κ1) is 43.4. The van der Waals surface area contributed by atoms with Crippen molar-refractivity contribution in [2.45, 2.75) is 49.6 Å². The number of aliphatic hydroxyl groups excluding tert-OH is 1. The molecule has 1 aliphatic rings. The van der Waals surface area contributed by atoms with Gasteiger partial charge >= 0.3 is 17.9 Å². The molecule has 0 bridgehead atoms. The second-order valence-corrected chi connectivity index (χ2v) is 12.9. The Hall–Kier alpha value is -6.70. The number of hydrogen-bond donors (Lipinski definition) is 5. The summed E-state index contributed by atoms with van der Waals surface area (Å²) in [5, 5.41) is 39.2. The average molecular weight is 811 g/mol. The second-order valence-electron chi connectivity index (χ2n) is 12.9. The molecule has 1 saturated heterocycles. The van der Waals surface area contributed by atoms with Crippen molar-refractivity contribution in [2.24, 2.45) is 0 Å². The van der Waals surface area contributed by atoms with Crippen molar-refractivity contribution in [3.63, 3.8) is 0 Å². The third-order valence-corrected chi connectivity index (χ3v) is 9.18. The van der Waals surface area contributed by atoms with Gasteiger partial charge in [0.1, 0.15) is 48.5 Å². The Balaban J connectivity index is 1.24. The van der Waals surface area contributed by atoms with Gasteiger partial charge in [-0.15, -0.1) is 0 Å². The highest BCUT2D eigenvalue weighted by Crippen LogP contribution is 2.42. The van der Waals surface area contributed by atoms with E-state index in [0.717, 1.165) is 16.7 Å². The Morgan fingerprint density at radius 1 is 0.864 bits per heavy atom.